The maximum Gasteiger partial charge on any atom is 0.225 e. The molecule has 0 aliphatic heterocycles. The molecule has 1 N–H and O–H groups in total. The van der Waals surface area contributed by atoms with Gasteiger partial charge in [-0.15, -0.1) is 0 Å². The lowest BCUT2D eigenvalue weighted by molar-refractivity contribution is -0.120. The zero-order valence-electron chi connectivity index (χ0n) is 13.8. The van der Waals surface area contributed by atoms with E-state index < -0.39 is 0 Å². The van der Waals surface area contributed by atoms with Gasteiger partial charge in [-0.3, -0.25) is 9.59 Å². The van der Waals surface area contributed by atoms with E-state index in [1.165, 1.54) is 6.92 Å². The first-order chi connectivity index (χ1) is 11.6. The van der Waals surface area contributed by atoms with Crippen molar-refractivity contribution in [3.05, 3.63) is 65.2 Å². The molecule has 2 aromatic carbocycles. The first kappa shape index (κ1) is 17.3. The molecule has 0 unspecified atom stereocenters. The van der Waals surface area contributed by atoms with E-state index in [0.29, 0.717) is 5.56 Å². The third-order valence-electron chi connectivity index (χ3n) is 3.40. The SMILES string of the molecule is COc1cccc(CC(=O)NCC#Cc2ccc(C(C)=O)cc2)c1. The minimum Gasteiger partial charge on any atom is -0.497 e. The monoisotopic (exact) mass is 321 g/mol. The summed E-state index contributed by atoms with van der Waals surface area (Å²) in [5.41, 5.74) is 2.36. The van der Waals surface area contributed by atoms with Crippen molar-refractivity contribution < 1.29 is 14.3 Å². The van der Waals surface area contributed by atoms with Crippen molar-refractivity contribution in [2.45, 2.75) is 13.3 Å². The third-order valence-corrected chi connectivity index (χ3v) is 3.40. The van der Waals surface area contributed by atoms with Crippen LogP contribution in [0.2, 0.25) is 0 Å². The number of hydrogen-bond donors (Lipinski definition) is 1. The zero-order chi connectivity index (χ0) is 17.4. The smallest absolute Gasteiger partial charge is 0.225 e. The highest BCUT2D eigenvalue weighted by molar-refractivity contribution is 5.94. The van der Waals surface area contributed by atoms with Crippen LogP contribution in [0.15, 0.2) is 48.5 Å². The number of hydrogen-bond acceptors (Lipinski definition) is 3. The van der Waals surface area contributed by atoms with E-state index in [0.717, 1.165) is 16.9 Å². The van der Waals surface area contributed by atoms with Crippen LogP contribution in [0.4, 0.5) is 0 Å². The first-order valence-electron chi connectivity index (χ1n) is 7.58. The van der Waals surface area contributed by atoms with Crippen LogP contribution < -0.4 is 10.1 Å². The predicted molar refractivity (Wildman–Crippen MR) is 93.0 cm³/mol. The van der Waals surface area contributed by atoms with Crippen molar-refractivity contribution >= 4 is 11.7 Å². The predicted octanol–water partition coefficient (Wildman–Crippen LogP) is 2.61. The number of ketones is 1. The Bertz CT molecular complexity index is 783. The molecule has 0 fully saturated rings. The van der Waals surface area contributed by atoms with Gasteiger partial charge in [-0.2, -0.15) is 0 Å². The number of Topliss-reactive ketones (excluding diaryl/α,β-unsaturated/α-hetero) is 1. The number of rotatable bonds is 5. The quantitative estimate of drug-likeness (QED) is 0.680. The van der Waals surface area contributed by atoms with Crippen LogP contribution in [0.1, 0.15) is 28.4 Å². The summed E-state index contributed by atoms with van der Waals surface area (Å²) in [4.78, 5) is 23.1. The molecule has 122 valence electrons. The molecule has 0 heterocycles. The lowest BCUT2D eigenvalue weighted by atomic mass is 10.1. The van der Waals surface area contributed by atoms with Gasteiger partial charge in [-0.1, -0.05) is 36.1 Å². The molecule has 2 aromatic rings. The molecular formula is C20H19NO3. The molecule has 0 saturated heterocycles. The highest BCUT2D eigenvalue weighted by atomic mass is 16.5. The van der Waals surface area contributed by atoms with Crippen LogP contribution in [-0.4, -0.2) is 25.3 Å². The molecule has 0 aromatic heterocycles. The topological polar surface area (TPSA) is 55.4 Å². The van der Waals surface area contributed by atoms with E-state index >= 15 is 0 Å². The fraction of sp³-hybridized carbons (Fsp3) is 0.200. The van der Waals surface area contributed by atoms with Gasteiger partial charge in [0.05, 0.1) is 20.1 Å². The Morgan fingerprint density at radius 1 is 1.12 bits per heavy atom. The molecule has 0 aliphatic carbocycles. The molecule has 0 bridgehead atoms. The molecule has 0 saturated carbocycles. The summed E-state index contributed by atoms with van der Waals surface area (Å²) in [5.74, 6) is 6.52. The summed E-state index contributed by atoms with van der Waals surface area (Å²) in [7, 11) is 1.59. The van der Waals surface area contributed by atoms with E-state index in [-0.39, 0.29) is 24.7 Å². The van der Waals surface area contributed by atoms with Crippen LogP contribution in [0, 0.1) is 11.8 Å². The lowest BCUT2D eigenvalue weighted by Gasteiger charge is -2.04. The van der Waals surface area contributed by atoms with Gasteiger partial charge in [-0.05, 0) is 36.8 Å². The van der Waals surface area contributed by atoms with Gasteiger partial charge in [0.25, 0.3) is 0 Å². The van der Waals surface area contributed by atoms with Gasteiger partial charge < -0.3 is 10.1 Å². The van der Waals surface area contributed by atoms with Crippen LogP contribution in [0.3, 0.4) is 0 Å². The van der Waals surface area contributed by atoms with Crippen molar-refractivity contribution in [3.63, 3.8) is 0 Å². The molecular weight excluding hydrogens is 302 g/mol. The minimum atomic E-state index is -0.0931. The van der Waals surface area contributed by atoms with E-state index in [9.17, 15) is 9.59 Å². The van der Waals surface area contributed by atoms with Crippen molar-refractivity contribution in [2.75, 3.05) is 13.7 Å². The number of carbonyl (C=O) groups excluding carboxylic acids is 2. The normalized spacial score (nSPS) is 9.58. The largest absolute Gasteiger partial charge is 0.497 e. The summed E-state index contributed by atoms with van der Waals surface area (Å²) in [6.07, 6.45) is 0.284. The number of carbonyl (C=O) groups is 2. The molecule has 0 aliphatic rings. The summed E-state index contributed by atoms with van der Waals surface area (Å²) in [6.45, 7) is 1.80. The van der Waals surface area contributed by atoms with Gasteiger partial charge in [-0.25, -0.2) is 0 Å². The standard InChI is InChI=1S/C20H19NO3/c1-15(22)18-10-8-16(9-11-18)6-4-12-21-20(23)14-17-5-3-7-19(13-17)24-2/h3,5,7-11,13H,12,14H2,1-2H3,(H,21,23). The van der Waals surface area contributed by atoms with Gasteiger partial charge in [0.1, 0.15) is 5.75 Å². The van der Waals surface area contributed by atoms with Crippen molar-refractivity contribution in [1.29, 1.82) is 0 Å². The summed E-state index contributed by atoms with van der Waals surface area (Å²) < 4.78 is 5.13. The molecule has 4 nitrogen and oxygen atoms in total. The molecule has 0 spiro atoms. The Kier molecular flexibility index (Phi) is 6.16. The lowest BCUT2D eigenvalue weighted by Crippen LogP contribution is -2.25. The second-order valence-corrected chi connectivity index (χ2v) is 5.24. The Hall–Kier alpha value is -3.06. The Morgan fingerprint density at radius 2 is 1.88 bits per heavy atom. The zero-order valence-corrected chi connectivity index (χ0v) is 13.8. The Labute approximate surface area is 141 Å². The molecule has 0 radical (unpaired) electrons. The first-order valence-corrected chi connectivity index (χ1v) is 7.58. The number of amides is 1. The van der Waals surface area contributed by atoms with Gasteiger partial charge >= 0.3 is 0 Å². The van der Waals surface area contributed by atoms with E-state index in [1.54, 1.807) is 31.4 Å². The molecule has 1 amide bonds. The number of nitrogens with one attached hydrogen (secondary N) is 1. The maximum atomic E-state index is 11.9. The minimum absolute atomic E-state index is 0.0271. The average Bonchev–Trinajstić information content (AvgIpc) is 2.59. The number of ether oxygens (including phenoxy) is 1. The van der Waals surface area contributed by atoms with E-state index in [2.05, 4.69) is 17.2 Å². The fourth-order valence-corrected chi connectivity index (χ4v) is 2.11. The molecule has 2 rings (SSSR count). The summed E-state index contributed by atoms with van der Waals surface area (Å²) >= 11 is 0. The van der Waals surface area contributed by atoms with Crippen LogP contribution in [0.5, 0.6) is 5.75 Å². The maximum absolute atomic E-state index is 11.9. The summed E-state index contributed by atoms with van der Waals surface area (Å²) in [6, 6.07) is 14.5. The van der Waals surface area contributed by atoms with Crippen LogP contribution in [0.25, 0.3) is 0 Å². The van der Waals surface area contributed by atoms with Crippen LogP contribution >= 0.6 is 0 Å². The molecule has 4 heteroatoms. The summed E-state index contributed by atoms with van der Waals surface area (Å²) in [5, 5.41) is 2.76. The highest BCUT2D eigenvalue weighted by Crippen LogP contribution is 2.12. The van der Waals surface area contributed by atoms with Gasteiger partial charge in [0.2, 0.25) is 5.91 Å². The van der Waals surface area contributed by atoms with E-state index in [1.807, 2.05) is 24.3 Å². The second-order valence-electron chi connectivity index (χ2n) is 5.24. The molecule has 0 atom stereocenters. The number of methoxy groups -OCH3 is 1. The van der Waals surface area contributed by atoms with Crippen LogP contribution in [-0.2, 0) is 11.2 Å². The van der Waals surface area contributed by atoms with Gasteiger partial charge in [0, 0.05) is 11.1 Å². The third kappa shape index (κ3) is 5.29. The van der Waals surface area contributed by atoms with Crippen molar-refractivity contribution in [3.8, 4) is 17.6 Å². The van der Waals surface area contributed by atoms with Gasteiger partial charge in [0.15, 0.2) is 5.78 Å². The fourth-order valence-electron chi connectivity index (χ4n) is 2.11. The van der Waals surface area contributed by atoms with Crippen molar-refractivity contribution in [1.82, 2.24) is 5.32 Å². The average molecular weight is 321 g/mol. The van der Waals surface area contributed by atoms with E-state index in [4.69, 9.17) is 4.74 Å². The van der Waals surface area contributed by atoms with Crippen molar-refractivity contribution in [2.24, 2.45) is 0 Å². The second kappa shape index (κ2) is 8.54. The Morgan fingerprint density at radius 3 is 2.54 bits per heavy atom. The number of benzene rings is 2. The highest BCUT2D eigenvalue weighted by Gasteiger charge is 2.03. The Balaban J connectivity index is 1.83. The molecule has 24 heavy (non-hydrogen) atoms.